The van der Waals surface area contributed by atoms with Crippen LogP contribution in [0.4, 0.5) is 5.69 Å². The first-order valence-electron chi connectivity index (χ1n) is 6.34. The van der Waals surface area contributed by atoms with E-state index < -0.39 is 0 Å². The third-order valence-electron chi connectivity index (χ3n) is 3.30. The van der Waals surface area contributed by atoms with Crippen molar-refractivity contribution in [3.63, 3.8) is 0 Å². The molecule has 2 heterocycles. The van der Waals surface area contributed by atoms with Crippen molar-refractivity contribution in [1.82, 2.24) is 14.8 Å². The Morgan fingerprint density at radius 3 is 2.95 bits per heavy atom. The normalized spacial score (nSPS) is 14.2. The van der Waals surface area contributed by atoms with E-state index in [2.05, 4.69) is 20.1 Å². The van der Waals surface area contributed by atoms with Gasteiger partial charge in [0.15, 0.2) is 5.82 Å². The van der Waals surface area contributed by atoms with Gasteiger partial charge < -0.3 is 9.88 Å². The molecule has 6 heteroatoms. The summed E-state index contributed by atoms with van der Waals surface area (Å²) in [6.45, 7) is 1.63. The first kappa shape index (κ1) is 12.8. The maximum atomic E-state index is 6.12. The molecule has 1 aliphatic rings. The van der Waals surface area contributed by atoms with Gasteiger partial charge >= 0.3 is 0 Å². The minimum absolute atomic E-state index is 0.617. The number of halogens is 2. The predicted molar refractivity (Wildman–Crippen MR) is 76.7 cm³/mol. The Kier molecular flexibility index (Phi) is 3.62. The molecule has 1 aromatic carbocycles. The van der Waals surface area contributed by atoms with Crippen LogP contribution in [0.1, 0.15) is 24.5 Å². The zero-order chi connectivity index (χ0) is 13.2. The van der Waals surface area contributed by atoms with Crippen LogP contribution in [0.5, 0.6) is 0 Å². The van der Waals surface area contributed by atoms with Crippen LogP contribution in [-0.2, 0) is 19.5 Å². The van der Waals surface area contributed by atoms with Crippen LogP contribution in [0.15, 0.2) is 18.2 Å². The average Bonchev–Trinajstić information content (AvgIpc) is 2.81. The van der Waals surface area contributed by atoms with Crippen LogP contribution >= 0.6 is 23.2 Å². The van der Waals surface area contributed by atoms with E-state index in [1.54, 1.807) is 6.07 Å². The number of anilines is 1. The molecule has 0 fully saturated rings. The van der Waals surface area contributed by atoms with E-state index in [9.17, 15) is 0 Å². The topological polar surface area (TPSA) is 42.7 Å². The summed E-state index contributed by atoms with van der Waals surface area (Å²) in [4.78, 5) is 0. The summed E-state index contributed by atoms with van der Waals surface area (Å²) in [5.74, 6) is 2.05. The molecular formula is C13H14Cl2N4. The van der Waals surface area contributed by atoms with Gasteiger partial charge in [0.25, 0.3) is 0 Å². The zero-order valence-electron chi connectivity index (χ0n) is 10.4. The van der Waals surface area contributed by atoms with Crippen molar-refractivity contribution in [2.45, 2.75) is 32.4 Å². The van der Waals surface area contributed by atoms with Gasteiger partial charge in [-0.3, -0.25) is 0 Å². The second-order valence-electron chi connectivity index (χ2n) is 4.62. The number of nitrogens with zero attached hydrogens (tertiary/aromatic N) is 3. The Bertz CT molecular complexity index is 594. The first-order chi connectivity index (χ1) is 9.24. The van der Waals surface area contributed by atoms with Crippen molar-refractivity contribution < 1.29 is 0 Å². The van der Waals surface area contributed by atoms with E-state index >= 15 is 0 Å². The zero-order valence-corrected chi connectivity index (χ0v) is 11.9. The molecule has 0 unspecified atom stereocenters. The highest BCUT2D eigenvalue weighted by Crippen LogP contribution is 2.26. The summed E-state index contributed by atoms with van der Waals surface area (Å²) in [6.07, 6.45) is 3.42. The number of rotatable bonds is 3. The van der Waals surface area contributed by atoms with Crippen LogP contribution in [-0.4, -0.2) is 14.8 Å². The fourth-order valence-corrected chi connectivity index (χ4v) is 2.78. The molecule has 0 spiro atoms. The van der Waals surface area contributed by atoms with Gasteiger partial charge in [-0.1, -0.05) is 23.2 Å². The van der Waals surface area contributed by atoms with Crippen molar-refractivity contribution in [2.24, 2.45) is 0 Å². The molecule has 0 radical (unpaired) electrons. The molecule has 1 aromatic heterocycles. The Morgan fingerprint density at radius 2 is 2.11 bits per heavy atom. The molecule has 0 atom stereocenters. The van der Waals surface area contributed by atoms with Crippen molar-refractivity contribution >= 4 is 28.9 Å². The van der Waals surface area contributed by atoms with Gasteiger partial charge in [-0.05, 0) is 31.0 Å². The molecule has 0 aliphatic carbocycles. The summed E-state index contributed by atoms with van der Waals surface area (Å²) < 4.78 is 2.19. The van der Waals surface area contributed by atoms with Crippen molar-refractivity contribution in [3.8, 4) is 0 Å². The van der Waals surface area contributed by atoms with Gasteiger partial charge in [0.1, 0.15) is 5.82 Å². The van der Waals surface area contributed by atoms with Gasteiger partial charge in [-0.2, -0.15) is 0 Å². The van der Waals surface area contributed by atoms with E-state index in [1.165, 1.54) is 12.8 Å². The van der Waals surface area contributed by atoms with Crippen LogP contribution in [0, 0.1) is 0 Å². The second-order valence-corrected chi connectivity index (χ2v) is 5.46. The summed E-state index contributed by atoms with van der Waals surface area (Å²) >= 11 is 12.0. The first-order valence-corrected chi connectivity index (χ1v) is 7.09. The third-order valence-corrected chi connectivity index (χ3v) is 3.85. The second kappa shape index (κ2) is 5.39. The highest BCUT2D eigenvalue weighted by atomic mass is 35.5. The molecule has 100 valence electrons. The van der Waals surface area contributed by atoms with Crippen LogP contribution < -0.4 is 5.32 Å². The van der Waals surface area contributed by atoms with E-state index in [0.717, 1.165) is 30.3 Å². The van der Waals surface area contributed by atoms with E-state index in [1.807, 2.05) is 12.1 Å². The monoisotopic (exact) mass is 296 g/mol. The van der Waals surface area contributed by atoms with Gasteiger partial charge in [0, 0.05) is 18.0 Å². The third kappa shape index (κ3) is 2.69. The Hall–Kier alpha value is -1.26. The molecule has 0 amide bonds. The van der Waals surface area contributed by atoms with Crippen LogP contribution in [0.25, 0.3) is 0 Å². The molecule has 1 aliphatic heterocycles. The minimum atomic E-state index is 0.617. The van der Waals surface area contributed by atoms with E-state index in [0.29, 0.717) is 16.6 Å². The van der Waals surface area contributed by atoms with Gasteiger partial charge in [-0.15, -0.1) is 10.2 Å². The predicted octanol–water partition coefficient (Wildman–Crippen LogP) is 3.53. The molecule has 2 aromatic rings. The lowest BCUT2D eigenvalue weighted by Gasteiger charge is -2.15. The number of hydrogen-bond donors (Lipinski definition) is 1. The lowest BCUT2D eigenvalue weighted by Crippen LogP contribution is -2.15. The van der Waals surface area contributed by atoms with E-state index in [4.69, 9.17) is 23.2 Å². The highest BCUT2D eigenvalue weighted by molar-refractivity contribution is 6.36. The summed E-state index contributed by atoms with van der Waals surface area (Å²) in [5.41, 5.74) is 0.860. The SMILES string of the molecule is Clc1ccc(NCc2nnc3n2CCCC3)c(Cl)c1. The lowest BCUT2D eigenvalue weighted by molar-refractivity contribution is 0.510. The summed E-state index contributed by atoms with van der Waals surface area (Å²) in [6, 6.07) is 5.41. The maximum absolute atomic E-state index is 6.12. The fourth-order valence-electron chi connectivity index (χ4n) is 2.31. The van der Waals surface area contributed by atoms with Crippen LogP contribution in [0.3, 0.4) is 0 Å². The number of benzene rings is 1. The quantitative estimate of drug-likeness (QED) is 0.942. The average molecular weight is 297 g/mol. The molecule has 0 saturated carbocycles. The molecule has 4 nitrogen and oxygen atoms in total. The molecule has 1 N–H and O–H groups in total. The van der Waals surface area contributed by atoms with E-state index in [-0.39, 0.29) is 0 Å². The Morgan fingerprint density at radius 1 is 1.21 bits per heavy atom. The standard InChI is InChI=1S/C13H14Cl2N4/c14-9-4-5-11(10(15)7-9)16-8-13-18-17-12-3-1-2-6-19(12)13/h4-5,7,16H,1-3,6,8H2. The van der Waals surface area contributed by atoms with Crippen molar-refractivity contribution in [2.75, 3.05) is 5.32 Å². The summed E-state index contributed by atoms with van der Waals surface area (Å²) in [5, 5.41) is 13.0. The number of nitrogens with one attached hydrogen (secondary N) is 1. The fraction of sp³-hybridized carbons (Fsp3) is 0.385. The molecule has 19 heavy (non-hydrogen) atoms. The molecular weight excluding hydrogens is 283 g/mol. The van der Waals surface area contributed by atoms with Gasteiger partial charge in [0.05, 0.1) is 17.3 Å². The maximum Gasteiger partial charge on any atom is 0.152 e. The van der Waals surface area contributed by atoms with Gasteiger partial charge in [0.2, 0.25) is 0 Å². The van der Waals surface area contributed by atoms with Crippen LogP contribution in [0.2, 0.25) is 10.0 Å². The Balaban J connectivity index is 1.74. The molecule has 0 saturated heterocycles. The summed E-state index contributed by atoms with van der Waals surface area (Å²) in [7, 11) is 0. The molecule has 3 rings (SSSR count). The smallest absolute Gasteiger partial charge is 0.152 e. The largest absolute Gasteiger partial charge is 0.377 e. The van der Waals surface area contributed by atoms with Gasteiger partial charge in [-0.25, -0.2) is 0 Å². The lowest BCUT2D eigenvalue weighted by atomic mass is 10.2. The number of hydrogen-bond acceptors (Lipinski definition) is 3. The Labute approximate surface area is 121 Å². The molecule has 0 bridgehead atoms. The number of aryl methyl sites for hydroxylation is 1. The highest BCUT2D eigenvalue weighted by Gasteiger charge is 2.15. The number of fused-ring (bicyclic) bond motifs is 1. The minimum Gasteiger partial charge on any atom is -0.377 e. The van der Waals surface area contributed by atoms with Crippen molar-refractivity contribution in [1.29, 1.82) is 0 Å². The van der Waals surface area contributed by atoms with Crippen molar-refractivity contribution in [3.05, 3.63) is 39.9 Å². The number of aromatic nitrogens is 3.